The van der Waals surface area contributed by atoms with Gasteiger partial charge in [0.15, 0.2) is 16.6 Å². The highest BCUT2D eigenvalue weighted by atomic mass is 32.1. The number of benzene rings is 1. The van der Waals surface area contributed by atoms with Gasteiger partial charge in [-0.1, -0.05) is 11.3 Å². The number of hydrogen-bond acceptors (Lipinski definition) is 6. The van der Waals surface area contributed by atoms with Crippen LogP contribution in [0.5, 0.6) is 11.5 Å². The SMILES string of the molecule is O=C(Nc1nc2c(s1)COCC2)c1ccc2c(c1)OCO2. The zero-order chi connectivity index (χ0) is 14.2. The number of amides is 1. The van der Waals surface area contributed by atoms with Gasteiger partial charge in [0.2, 0.25) is 6.79 Å². The van der Waals surface area contributed by atoms with Crippen molar-refractivity contribution in [1.82, 2.24) is 4.98 Å². The summed E-state index contributed by atoms with van der Waals surface area (Å²) >= 11 is 1.46. The Morgan fingerprint density at radius 2 is 2.19 bits per heavy atom. The predicted molar refractivity (Wildman–Crippen MR) is 76.0 cm³/mol. The fourth-order valence-electron chi connectivity index (χ4n) is 2.29. The van der Waals surface area contributed by atoms with Crippen LogP contribution in [0.2, 0.25) is 0 Å². The number of hydrogen-bond donors (Lipinski definition) is 1. The highest BCUT2D eigenvalue weighted by Crippen LogP contribution is 2.33. The van der Waals surface area contributed by atoms with Crippen LogP contribution in [0.3, 0.4) is 0 Å². The number of ether oxygens (including phenoxy) is 3. The summed E-state index contributed by atoms with van der Waals surface area (Å²) in [6.07, 6.45) is 0.797. The van der Waals surface area contributed by atoms with E-state index in [1.165, 1.54) is 11.3 Å². The van der Waals surface area contributed by atoms with Crippen LogP contribution in [0.15, 0.2) is 18.2 Å². The van der Waals surface area contributed by atoms with E-state index in [9.17, 15) is 4.79 Å². The standard InChI is InChI=1S/C14H12N2O4S/c17-13(8-1-2-10-11(5-8)20-7-19-10)16-14-15-9-3-4-18-6-12(9)21-14/h1-2,5H,3-4,6-7H2,(H,15,16,17). The van der Waals surface area contributed by atoms with Crippen LogP contribution in [-0.2, 0) is 17.8 Å². The molecular weight excluding hydrogens is 292 g/mol. The second-order valence-corrected chi connectivity index (χ2v) is 5.80. The van der Waals surface area contributed by atoms with Gasteiger partial charge in [-0.25, -0.2) is 4.98 Å². The van der Waals surface area contributed by atoms with Crippen LogP contribution >= 0.6 is 11.3 Å². The van der Waals surface area contributed by atoms with E-state index in [0.29, 0.717) is 35.4 Å². The summed E-state index contributed by atoms with van der Waals surface area (Å²) in [5.74, 6) is 1.04. The molecule has 0 atom stereocenters. The van der Waals surface area contributed by atoms with Gasteiger partial charge in [-0.3, -0.25) is 10.1 Å². The third-order valence-corrected chi connectivity index (χ3v) is 4.34. The second-order valence-electron chi connectivity index (χ2n) is 4.71. The molecule has 0 unspecified atom stereocenters. The number of fused-ring (bicyclic) bond motifs is 2. The molecule has 0 aliphatic carbocycles. The number of carbonyl (C=O) groups excluding carboxylic acids is 1. The molecule has 1 aromatic carbocycles. The van der Waals surface area contributed by atoms with Gasteiger partial charge >= 0.3 is 0 Å². The van der Waals surface area contributed by atoms with Gasteiger partial charge < -0.3 is 14.2 Å². The van der Waals surface area contributed by atoms with Crippen molar-refractivity contribution in [3.8, 4) is 11.5 Å². The molecule has 3 heterocycles. The van der Waals surface area contributed by atoms with Crippen LogP contribution in [0.1, 0.15) is 20.9 Å². The fraction of sp³-hybridized carbons (Fsp3) is 0.286. The van der Waals surface area contributed by atoms with Crippen molar-refractivity contribution in [3.05, 3.63) is 34.3 Å². The average molecular weight is 304 g/mol. The van der Waals surface area contributed by atoms with Crippen LogP contribution in [-0.4, -0.2) is 24.3 Å². The van der Waals surface area contributed by atoms with Crippen LogP contribution in [0, 0.1) is 0 Å². The van der Waals surface area contributed by atoms with Crippen molar-refractivity contribution >= 4 is 22.4 Å². The molecule has 2 aromatic rings. The number of aromatic nitrogens is 1. The molecule has 0 fully saturated rings. The zero-order valence-corrected chi connectivity index (χ0v) is 11.9. The molecule has 7 heteroatoms. The summed E-state index contributed by atoms with van der Waals surface area (Å²) in [6.45, 7) is 1.46. The van der Waals surface area contributed by atoms with Gasteiger partial charge in [0, 0.05) is 12.0 Å². The molecule has 1 N–H and O–H groups in total. The Balaban J connectivity index is 1.54. The Kier molecular flexibility index (Phi) is 3.01. The molecule has 0 bridgehead atoms. The van der Waals surface area contributed by atoms with Gasteiger partial charge in [0.25, 0.3) is 5.91 Å². The highest BCUT2D eigenvalue weighted by Gasteiger charge is 2.19. The highest BCUT2D eigenvalue weighted by molar-refractivity contribution is 7.15. The summed E-state index contributed by atoms with van der Waals surface area (Å²) in [6, 6.07) is 5.12. The summed E-state index contributed by atoms with van der Waals surface area (Å²) in [4.78, 5) is 17.8. The number of rotatable bonds is 2. The molecule has 4 rings (SSSR count). The van der Waals surface area contributed by atoms with Crippen LogP contribution in [0.25, 0.3) is 0 Å². The first-order valence-corrected chi connectivity index (χ1v) is 7.38. The molecule has 0 radical (unpaired) electrons. The molecule has 2 aliphatic rings. The van der Waals surface area contributed by atoms with Crippen molar-refractivity contribution in [2.75, 3.05) is 18.7 Å². The first kappa shape index (κ1) is 12.6. The summed E-state index contributed by atoms with van der Waals surface area (Å²) in [5, 5.41) is 3.43. The van der Waals surface area contributed by atoms with E-state index in [-0.39, 0.29) is 12.7 Å². The molecule has 108 valence electrons. The molecule has 21 heavy (non-hydrogen) atoms. The van der Waals surface area contributed by atoms with Crippen molar-refractivity contribution in [3.63, 3.8) is 0 Å². The Bertz CT molecular complexity index is 689. The lowest BCUT2D eigenvalue weighted by Gasteiger charge is -2.08. The lowest BCUT2D eigenvalue weighted by molar-refractivity contribution is 0.102. The van der Waals surface area contributed by atoms with Crippen molar-refractivity contribution in [2.24, 2.45) is 0 Å². The molecular formula is C14H12N2O4S. The predicted octanol–water partition coefficient (Wildman–Crippen LogP) is 2.20. The lowest BCUT2D eigenvalue weighted by Crippen LogP contribution is -2.12. The topological polar surface area (TPSA) is 69.7 Å². The third kappa shape index (κ3) is 2.34. The molecule has 0 spiro atoms. The third-order valence-electron chi connectivity index (χ3n) is 3.35. The van der Waals surface area contributed by atoms with E-state index in [2.05, 4.69) is 10.3 Å². The Morgan fingerprint density at radius 1 is 1.29 bits per heavy atom. The van der Waals surface area contributed by atoms with Crippen LogP contribution in [0.4, 0.5) is 5.13 Å². The maximum absolute atomic E-state index is 12.3. The normalized spacial score (nSPS) is 15.6. The maximum Gasteiger partial charge on any atom is 0.257 e. The number of thiazole rings is 1. The fourth-order valence-corrected chi connectivity index (χ4v) is 3.23. The Hall–Kier alpha value is -2.12. The molecule has 6 nitrogen and oxygen atoms in total. The largest absolute Gasteiger partial charge is 0.454 e. The number of nitrogens with zero attached hydrogens (tertiary/aromatic N) is 1. The molecule has 1 aromatic heterocycles. The maximum atomic E-state index is 12.3. The first-order valence-electron chi connectivity index (χ1n) is 6.57. The summed E-state index contributed by atoms with van der Waals surface area (Å²) < 4.78 is 15.9. The van der Waals surface area contributed by atoms with Crippen LogP contribution < -0.4 is 14.8 Å². The second kappa shape index (κ2) is 5.01. The van der Waals surface area contributed by atoms with Gasteiger partial charge in [-0.2, -0.15) is 0 Å². The monoisotopic (exact) mass is 304 g/mol. The molecule has 0 saturated heterocycles. The lowest BCUT2D eigenvalue weighted by atomic mass is 10.2. The first-order chi connectivity index (χ1) is 10.3. The minimum atomic E-state index is -0.208. The minimum absolute atomic E-state index is 0.194. The summed E-state index contributed by atoms with van der Waals surface area (Å²) in [7, 11) is 0. The number of carbonyl (C=O) groups is 1. The molecule has 2 aliphatic heterocycles. The van der Waals surface area contributed by atoms with E-state index in [4.69, 9.17) is 14.2 Å². The van der Waals surface area contributed by atoms with E-state index in [1.807, 2.05) is 0 Å². The zero-order valence-electron chi connectivity index (χ0n) is 11.0. The van der Waals surface area contributed by atoms with Gasteiger partial charge in [0.05, 0.1) is 23.8 Å². The smallest absolute Gasteiger partial charge is 0.257 e. The van der Waals surface area contributed by atoms with Gasteiger partial charge in [0.1, 0.15) is 0 Å². The minimum Gasteiger partial charge on any atom is -0.454 e. The van der Waals surface area contributed by atoms with Gasteiger partial charge in [-0.15, -0.1) is 0 Å². The van der Waals surface area contributed by atoms with E-state index < -0.39 is 0 Å². The number of nitrogens with one attached hydrogen (secondary N) is 1. The van der Waals surface area contributed by atoms with E-state index in [1.54, 1.807) is 18.2 Å². The van der Waals surface area contributed by atoms with E-state index >= 15 is 0 Å². The molecule has 1 amide bonds. The average Bonchev–Trinajstić information content (AvgIpc) is 3.11. The van der Waals surface area contributed by atoms with Crippen molar-refractivity contribution in [1.29, 1.82) is 0 Å². The Labute approximate surface area is 124 Å². The quantitative estimate of drug-likeness (QED) is 0.921. The summed E-state index contributed by atoms with van der Waals surface area (Å²) in [5.41, 5.74) is 1.54. The van der Waals surface area contributed by atoms with Gasteiger partial charge in [-0.05, 0) is 18.2 Å². The number of anilines is 1. The van der Waals surface area contributed by atoms with Crippen molar-refractivity contribution in [2.45, 2.75) is 13.0 Å². The Morgan fingerprint density at radius 3 is 3.10 bits per heavy atom. The van der Waals surface area contributed by atoms with E-state index in [0.717, 1.165) is 17.0 Å². The van der Waals surface area contributed by atoms with Crippen molar-refractivity contribution < 1.29 is 19.0 Å². The molecule has 0 saturated carbocycles.